The first-order valence-corrected chi connectivity index (χ1v) is 2.60. The molecule has 7 nitrogen and oxygen atoms in total. The zero-order valence-corrected chi connectivity index (χ0v) is 5.25. The lowest BCUT2D eigenvalue weighted by Crippen LogP contribution is -2.40. The number of hydrogen-bond donors (Lipinski definition) is 3. The molecule has 1 aliphatic heterocycles. The van der Waals surface area contributed by atoms with Crippen molar-refractivity contribution in [2.24, 2.45) is 10.7 Å². The highest BCUT2D eigenvalue weighted by Gasteiger charge is 2.23. The van der Waals surface area contributed by atoms with Gasteiger partial charge in [-0.15, -0.1) is 0 Å². The van der Waals surface area contributed by atoms with Crippen molar-refractivity contribution in [3.63, 3.8) is 0 Å². The summed E-state index contributed by atoms with van der Waals surface area (Å²) in [5.74, 6) is -1.13. The molecule has 0 saturated heterocycles. The van der Waals surface area contributed by atoms with Crippen LogP contribution in [0.2, 0.25) is 0 Å². The minimum Gasteiger partial charge on any atom is -0.351 e. The van der Waals surface area contributed by atoms with Gasteiger partial charge in [-0.3, -0.25) is 15.4 Å². The second-order valence-corrected chi connectivity index (χ2v) is 1.71. The normalized spacial score (nSPS) is 15.8. The molecule has 4 N–H and O–H groups in total. The molecular weight excluding hydrogens is 152 g/mol. The highest BCUT2D eigenvalue weighted by atomic mass is 16.2. The first-order chi connectivity index (χ1) is 5.09. The lowest BCUT2D eigenvalue weighted by atomic mass is 10.5. The van der Waals surface area contributed by atoms with Crippen LogP contribution in [0.5, 0.6) is 0 Å². The molecule has 0 spiro atoms. The number of carbonyl (C=O) groups excluding carboxylic acids is 3. The first-order valence-electron chi connectivity index (χ1n) is 2.60. The molecular formula is C4H4N4O3. The van der Waals surface area contributed by atoms with Crippen LogP contribution in [0.3, 0.4) is 0 Å². The molecule has 1 heterocycles. The van der Waals surface area contributed by atoms with Gasteiger partial charge in [-0.2, -0.15) is 4.99 Å². The van der Waals surface area contributed by atoms with Gasteiger partial charge >= 0.3 is 12.1 Å². The zero-order chi connectivity index (χ0) is 8.43. The number of aliphatic imine (C=N–C) groups is 1. The monoisotopic (exact) mass is 156 g/mol. The van der Waals surface area contributed by atoms with Gasteiger partial charge in [-0.1, -0.05) is 0 Å². The summed E-state index contributed by atoms with van der Waals surface area (Å²) in [4.78, 5) is 34.2. The van der Waals surface area contributed by atoms with Crippen LogP contribution in [0.1, 0.15) is 0 Å². The van der Waals surface area contributed by atoms with Crippen LogP contribution in [0, 0.1) is 0 Å². The number of nitrogens with one attached hydrogen (secondary N) is 2. The van der Waals surface area contributed by atoms with Gasteiger partial charge in [-0.05, 0) is 0 Å². The molecule has 0 radical (unpaired) electrons. The average molecular weight is 156 g/mol. The summed E-state index contributed by atoms with van der Waals surface area (Å²) < 4.78 is 0. The van der Waals surface area contributed by atoms with Gasteiger partial charge in [-0.25, -0.2) is 9.59 Å². The third-order valence-electron chi connectivity index (χ3n) is 0.890. The highest BCUT2D eigenvalue weighted by Crippen LogP contribution is 1.87. The SMILES string of the molecule is NC(=O)NC1=NC(=O)NC1=O. The minimum absolute atomic E-state index is 0.373. The largest absolute Gasteiger partial charge is 0.351 e. The van der Waals surface area contributed by atoms with E-state index in [0.29, 0.717) is 0 Å². The summed E-state index contributed by atoms with van der Waals surface area (Å²) in [6, 6.07) is -1.74. The minimum atomic E-state index is -0.936. The number of imide groups is 1. The standard InChI is InChI=1S/C4H4N4O3/c5-3(10)6-1-2(9)8-4(11)7-1/h(H4,5,6,7,8,9,10,11). The van der Waals surface area contributed by atoms with Crippen molar-refractivity contribution in [3.05, 3.63) is 0 Å². The number of nitrogens with two attached hydrogens (primary N) is 1. The van der Waals surface area contributed by atoms with Gasteiger partial charge in [0, 0.05) is 0 Å². The molecule has 5 amide bonds. The molecule has 0 aromatic heterocycles. The van der Waals surface area contributed by atoms with Crippen molar-refractivity contribution < 1.29 is 14.4 Å². The Labute approximate surface area is 60.6 Å². The molecule has 0 aromatic rings. The topological polar surface area (TPSA) is 114 Å². The Hall–Kier alpha value is -1.92. The molecule has 0 aromatic carbocycles. The van der Waals surface area contributed by atoms with Crippen LogP contribution in [0.15, 0.2) is 4.99 Å². The Morgan fingerprint density at radius 1 is 1.55 bits per heavy atom. The molecule has 58 valence electrons. The summed E-state index contributed by atoms with van der Waals surface area (Å²) in [5.41, 5.74) is 4.66. The van der Waals surface area contributed by atoms with Gasteiger partial charge in [0.15, 0.2) is 0 Å². The summed E-state index contributed by atoms with van der Waals surface area (Å²) in [7, 11) is 0. The van der Waals surface area contributed by atoms with E-state index in [1.54, 1.807) is 0 Å². The third-order valence-corrected chi connectivity index (χ3v) is 0.890. The Balaban J connectivity index is 2.72. The Bertz CT molecular complexity index is 269. The molecule has 0 saturated carbocycles. The maximum atomic E-state index is 10.6. The lowest BCUT2D eigenvalue weighted by molar-refractivity contribution is -0.113. The Morgan fingerprint density at radius 2 is 2.18 bits per heavy atom. The summed E-state index contributed by atoms with van der Waals surface area (Å²) in [5, 5.41) is 3.70. The molecule has 0 fully saturated rings. The number of nitrogens with zero attached hydrogens (tertiary/aromatic N) is 1. The van der Waals surface area contributed by atoms with Gasteiger partial charge in [0.1, 0.15) is 0 Å². The van der Waals surface area contributed by atoms with E-state index in [-0.39, 0.29) is 5.84 Å². The fourth-order valence-electron chi connectivity index (χ4n) is 0.538. The van der Waals surface area contributed by atoms with E-state index in [1.807, 2.05) is 10.6 Å². The van der Waals surface area contributed by atoms with Crippen LogP contribution in [-0.2, 0) is 4.79 Å². The third kappa shape index (κ3) is 1.51. The molecule has 0 bridgehead atoms. The summed E-state index contributed by atoms with van der Waals surface area (Å²) in [6.45, 7) is 0. The second kappa shape index (κ2) is 2.37. The van der Waals surface area contributed by atoms with E-state index in [9.17, 15) is 14.4 Å². The molecule has 1 rings (SSSR count). The zero-order valence-electron chi connectivity index (χ0n) is 5.25. The number of amidine groups is 1. The van der Waals surface area contributed by atoms with E-state index in [4.69, 9.17) is 0 Å². The molecule has 1 aliphatic rings. The van der Waals surface area contributed by atoms with Gasteiger partial charge in [0.2, 0.25) is 5.84 Å². The quantitative estimate of drug-likeness (QED) is 0.388. The first kappa shape index (κ1) is 7.19. The number of hydrogen-bond acceptors (Lipinski definition) is 3. The molecule has 0 aliphatic carbocycles. The van der Waals surface area contributed by atoms with E-state index in [0.717, 1.165) is 0 Å². The Kier molecular flexibility index (Phi) is 1.55. The van der Waals surface area contributed by atoms with Crippen molar-refractivity contribution in [1.82, 2.24) is 10.6 Å². The van der Waals surface area contributed by atoms with E-state index < -0.39 is 18.0 Å². The van der Waals surface area contributed by atoms with Gasteiger partial charge < -0.3 is 5.73 Å². The fourth-order valence-corrected chi connectivity index (χ4v) is 0.538. The summed E-state index contributed by atoms with van der Waals surface area (Å²) in [6.07, 6.45) is 0. The van der Waals surface area contributed by atoms with E-state index in [1.165, 1.54) is 0 Å². The van der Waals surface area contributed by atoms with Crippen molar-refractivity contribution in [2.75, 3.05) is 0 Å². The number of rotatable bonds is 0. The van der Waals surface area contributed by atoms with Crippen LogP contribution in [-0.4, -0.2) is 23.8 Å². The summed E-state index contributed by atoms with van der Waals surface area (Å²) >= 11 is 0. The number of carbonyl (C=O) groups is 3. The van der Waals surface area contributed by atoms with Crippen LogP contribution in [0.4, 0.5) is 9.59 Å². The van der Waals surface area contributed by atoms with Gasteiger partial charge in [0.25, 0.3) is 5.91 Å². The second-order valence-electron chi connectivity index (χ2n) is 1.71. The molecule has 7 heteroatoms. The molecule has 0 unspecified atom stereocenters. The van der Waals surface area contributed by atoms with E-state index >= 15 is 0 Å². The van der Waals surface area contributed by atoms with Crippen molar-refractivity contribution in [1.29, 1.82) is 0 Å². The van der Waals surface area contributed by atoms with Crippen molar-refractivity contribution in [2.45, 2.75) is 0 Å². The predicted molar refractivity (Wildman–Crippen MR) is 33.7 cm³/mol. The van der Waals surface area contributed by atoms with Gasteiger partial charge in [0.05, 0.1) is 0 Å². The van der Waals surface area contributed by atoms with Crippen molar-refractivity contribution in [3.8, 4) is 0 Å². The van der Waals surface area contributed by atoms with E-state index in [2.05, 4.69) is 10.7 Å². The van der Waals surface area contributed by atoms with Crippen LogP contribution < -0.4 is 16.4 Å². The lowest BCUT2D eigenvalue weighted by Gasteiger charge is -1.94. The molecule has 11 heavy (non-hydrogen) atoms. The van der Waals surface area contributed by atoms with Crippen LogP contribution >= 0.6 is 0 Å². The van der Waals surface area contributed by atoms with Crippen molar-refractivity contribution >= 4 is 23.8 Å². The maximum absolute atomic E-state index is 10.6. The average Bonchev–Trinajstić information content (AvgIpc) is 2.09. The fraction of sp³-hybridized carbons (Fsp3) is 0. The number of amides is 5. The predicted octanol–water partition coefficient (Wildman–Crippen LogP) is -1.70. The molecule has 0 atom stereocenters. The maximum Gasteiger partial charge on any atom is 0.350 e. The van der Waals surface area contributed by atoms with Crippen LogP contribution in [0.25, 0.3) is 0 Å². The number of urea groups is 2. The number of primary amides is 1. The smallest absolute Gasteiger partial charge is 0.350 e. The Morgan fingerprint density at radius 3 is 2.55 bits per heavy atom. The highest BCUT2D eigenvalue weighted by molar-refractivity contribution is 6.47.